The standard InChI is InChI=1S/C24H27FN2O4/c25-17-7-5-16(6-8-17)23-19-4-2-1-3-15(19)9-10-27(23)24(29)21-11-20-22(14-30-21)31-18(13-28)12-26-20/h1-8,18,20-23,26,28H,9-14H2/t18?,20-,21+,22-,23-/m0/s1. The normalized spacial score (nSPS) is 30.4. The number of ether oxygens (including phenoxy) is 2. The number of carbonyl (C=O) groups is 1. The Morgan fingerprint density at radius 2 is 2.00 bits per heavy atom. The average molecular weight is 426 g/mol. The molecular weight excluding hydrogens is 399 g/mol. The molecule has 31 heavy (non-hydrogen) atoms. The van der Waals surface area contributed by atoms with E-state index in [2.05, 4.69) is 11.4 Å². The van der Waals surface area contributed by atoms with Crippen molar-refractivity contribution in [3.05, 3.63) is 71.0 Å². The minimum absolute atomic E-state index is 0.0202. The van der Waals surface area contributed by atoms with Crippen molar-refractivity contribution in [3.63, 3.8) is 0 Å². The summed E-state index contributed by atoms with van der Waals surface area (Å²) >= 11 is 0. The van der Waals surface area contributed by atoms with Gasteiger partial charge in [-0.05, 0) is 35.2 Å². The molecule has 164 valence electrons. The molecule has 0 spiro atoms. The summed E-state index contributed by atoms with van der Waals surface area (Å²) in [4.78, 5) is 15.5. The van der Waals surface area contributed by atoms with E-state index in [1.54, 1.807) is 12.1 Å². The van der Waals surface area contributed by atoms with Crippen molar-refractivity contribution < 1.29 is 23.8 Å². The summed E-state index contributed by atoms with van der Waals surface area (Å²) in [6.07, 6.45) is 0.341. The molecule has 0 radical (unpaired) electrons. The second-order valence-electron chi connectivity index (χ2n) is 8.49. The van der Waals surface area contributed by atoms with Crippen LogP contribution in [0.25, 0.3) is 0 Å². The van der Waals surface area contributed by atoms with Gasteiger partial charge >= 0.3 is 0 Å². The number of rotatable bonds is 3. The number of hydrogen-bond donors (Lipinski definition) is 2. The van der Waals surface area contributed by atoms with Gasteiger partial charge in [0, 0.05) is 25.6 Å². The fourth-order valence-corrected chi connectivity index (χ4v) is 4.98. The summed E-state index contributed by atoms with van der Waals surface area (Å²) in [5.41, 5.74) is 3.18. The highest BCUT2D eigenvalue weighted by atomic mass is 19.1. The maximum absolute atomic E-state index is 13.6. The monoisotopic (exact) mass is 426 g/mol. The van der Waals surface area contributed by atoms with Crippen LogP contribution in [0.3, 0.4) is 0 Å². The fraction of sp³-hybridized carbons (Fsp3) is 0.458. The maximum Gasteiger partial charge on any atom is 0.252 e. The topological polar surface area (TPSA) is 71.0 Å². The molecule has 3 aliphatic heterocycles. The first kappa shape index (κ1) is 20.6. The minimum Gasteiger partial charge on any atom is -0.394 e. The molecule has 1 amide bonds. The van der Waals surface area contributed by atoms with Crippen molar-refractivity contribution in [2.75, 3.05) is 26.3 Å². The van der Waals surface area contributed by atoms with E-state index >= 15 is 0 Å². The summed E-state index contributed by atoms with van der Waals surface area (Å²) in [6, 6.07) is 14.3. The van der Waals surface area contributed by atoms with Gasteiger partial charge in [0.15, 0.2) is 0 Å². The smallest absolute Gasteiger partial charge is 0.252 e. The molecule has 0 aliphatic carbocycles. The number of morpholine rings is 1. The molecule has 0 bridgehead atoms. The number of benzene rings is 2. The Labute approximate surface area is 181 Å². The Morgan fingerprint density at radius 3 is 2.81 bits per heavy atom. The van der Waals surface area contributed by atoms with Gasteiger partial charge in [-0.2, -0.15) is 0 Å². The number of aliphatic hydroxyl groups is 1. The van der Waals surface area contributed by atoms with Crippen LogP contribution in [0.1, 0.15) is 29.2 Å². The van der Waals surface area contributed by atoms with Gasteiger partial charge in [-0.3, -0.25) is 4.79 Å². The number of nitrogens with zero attached hydrogens (tertiary/aromatic N) is 1. The molecule has 5 rings (SSSR count). The van der Waals surface area contributed by atoms with Gasteiger partial charge in [0.2, 0.25) is 0 Å². The molecule has 3 aliphatic rings. The number of fused-ring (bicyclic) bond motifs is 2. The molecule has 2 fully saturated rings. The first-order valence-corrected chi connectivity index (χ1v) is 10.9. The first-order valence-electron chi connectivity index (χ1n) is 10.9. The summed E-state index contributed by atoms with van der Waals surface area (Å²) in [5, 5.41) is 12.7. The number of carbonyl (C=O) groups excluding carboxylic acids is 1. The molecule has 5 atom stereocenters. The minimum atomic E-state index is -0.559. The van der Waals surface area contributed by atoms with Gasteiger partial charge in [0.25, 0.3) is 5.91 Å². The highest BCUT2D eigenvalue weighted by Crippen LogP contribution is 2.36. The summed E-state index contributed by atoms with van der Waals surface area (Å²) in [5.74, 6) is -0.342. The lowest BCUT2D eigenvalue weighted by Crippen LogP contribution is -2.61. The zero-order valence-corrected chi connectivity index (χ0v) is 17.2. The maximum atomic E-state index is 13.6. The molecular formula is C24H27FN2O4. The van der Waals surface area contributed by atoms with E-state index < -0.39 is 6.10 Å². The van der Waals surface area contributed by atoms with E-state index in [0.29, 0.717) is 26.1 Å². The predicted octanol–water partition coefficient (Wildman–Crippen LogP) is 1.81. The van der Waals surface area contributed by atoms with E-state index in [-0.39, 0.29) is 42.6 Å². The Hall–Kier alpha value is -2.32. The third-order valence-corrected chi connectivity index (χ3v) is 6.58. The number of amides is 1. The average Bonchev–Trinajstić information content (AvgIpc) is 2.82. The highest BCUT2D eigenvalue weighted by molar-refractivity contribution is 5.82. The van der Waals surface area contributed by atoms with Crippen LogP contribution < -0.4 is 5.32 Å². The molecule has 1 unspecified atom stereocenters. The molecule has 7 heteroatoms. The largest absolute Gasteiger partial charge is 0.394 e. The van der Waals surface area contributed by atoms with Crippen LogP contribution in [0.4, 0.5) is 4.39 Å². The predicted molar refractivity (Wildman–Crippen MR) is 112 cm³/mol. The summed E-state index contributed by atoms with van der Waals surface area (Å²) < 4.78 is 25.4. The number of hydrogen-bond acceptors (Lipinski definition) is 5. The third kappa shape index (κ3) is 3.99. The van der Waals surface area contributed by atoms with E-state index in [1.807, 2.05) is 23.1 Å². The van der Waals surface area contributed by atoms with Crippen LogP contribution >= 0.6 is 0 Å². The second-order valence-corrected chi connectivity index (χ2v) is 8.49. The van der Waals surface area contributed by atoms with E-state index in [4.69, 9.17) is 9.47 Å². The van der Waals surface area contributed by atoms with Gasteiger partial charge in [-0.25, -0.2) is 4.39 Å². The lowest BCUT2D eigenvalue weighted by atomic mass is 9.87. The van der Waals surface area contributed by atoms with Crippen molar-refractivity contribution in [3.8, 4) is 0 Å². The number of aliphatic hydroxyl groups excluding tert-OH is 1. The van der Waals surface area contributed by atoms with Crippen LogP contribution in [-0.2, 0) is 20.7 Å². The van der Waals surface area contributed by atoms with Crippen molar-refractivity contribution >= 4 is 5.91 Å². The lowest BCUT2D eigenvalue weighted by Gasteiger charge is -2.44. The van der Waals surface area contributed by atoms with E-state index in [0.717, 1.165) is 17.5 Å². The highest BCUT2D eigenvalue weighted by Gasteiger charge is 2.42. The molecule has 6 nitrogen and oxygen atoms in total. The molecule has 2 N–H and O–H groups in total. The van der Waals surface area contributed by atoms with Gasteiger partial charge in [-0.1, -0.05) is 36.4 Å². The number of halogens is 1. The molecule has 2 aromatic carbocycles. The zero-order valence-electron chi connectivity index (χ0n) is 17.2. The Morgan fingerprint density at radius 1 is 1.19 bits per heavy atom. The molecule has 2 saturated heterocycles. The quantitative estimate of drug-likeness (QED) is 0.784. The van der Waals surface area contributed by atoms with Crippen molar-refractivity contribution in [2.45, 2.75) is 43.2 Å². The molecule has 3 heterocycles. The van der Waals surface area contributed by atoms with Crippen molar-refractivity contribution in [1.82, 2.24) is 10.2 Å². The SMILES string of the molecule is O=C([C@H]1C[C@@H]2NCC(CO)O[C@H]2CO1)N1CCc2ccccc2[C@@H]1c1ccc(F)cc1. The molecule has 0 aromatic heterocycles. The van der Waals surface area contributed by atoms with Gasteiger partial charge in [0.05, 0.1) is 31.5 Å². The Kier molecular flexibility index (Phi) is 5.75. The van der Waals surface area contributed by atoms with Gasteiger partial charge in [0.1, 0.15) is 11.9 Å². The first-order chi connectivity index (χ1) is 15.1. The summed E-state index contributed by atoms with van der Waals surface area (Å²) in [7, 11) is 0. The third-order valence-electron chi connectivity index (χ3n) is 6.58. The van der Waals surface area contributed by atoms with Crippen LogP contribution in [0.15, 0.2) is 48.5 Å². The zero-order chi connectivity index (χ0) is 21.4. The van der Waals surface area contributed by atoms with E-state index in [9.17, 15) is 14.3 Å². The Bertz CT molecular complexity index is 937. The lowest BCUT2D eigenvalue weighted by molar-refractivity contribution is -0.174. The van der Waals surface area contributed by atoms with Crippen LogP contribution in [0.2, 0.25) is 0 Å². The fourth-order valence-electron chi connectivity index (χ4n) is 4.98. The summed E-state index contributed by atoms with van der Waals surface area (Å²) in [6.45, 7) is 1.43. The second kappa shape index (κ2) is 8.67. The Balaban J connectivity index is 1.39. The van der Waals surface area contributed by atoms with E-state index in [1.165, 1.54) is 17.7 Å². The number of nitrogens with one attached hydrogen (secondary N) is 1. The van der Waals surface area contributed by atoms with Crippen molar-refractivity contribution in [2.24, 2.45) is 0 Å². The molecule has 0 saturated carbocycles. The molecule has 2 aromatic rings. The van der Waals surface area contributed by atoms with Gasteiger partial charge in [-0.15, -0.1) is 0 Å². The van der Waals surface area contributed by atoms with Crippen LogP contribution in [0, 0.1) is 5.82 Å². The van der Waals surface area contributed by atoms with Gasteiger partial charge < -0.3 is 24.8 Å². The van der Waals surface area contributed by atoms with Crippen LogP contribution in [-0.4, -0.2) is 66.6 Å². The van der Waals surface area contributed by atoms with Crippen molar-refractivity contribution in [1.29, 1.82) is 0 Å². The van der Waals surface area contributed by atoms with Crippen LogP contribution in [0.5, 0.6) is 0 Å².